The van der Waals surface area contributed by atoms with Crippen molar-refractivity contribution >= 4 is 18.5 Å². The van der Waals surface area contributed by atoms with Gasteiger partial charge in [0.2, 0.25) is 5.91 Å². The molecule has 9 heavy (non-hydrogen) atoms. The van der Waals surface area contributed by atoms with Crippen molar-refractivity contribution in [3.05, 3.63) is 0 Å². The zero-order chi connectivity index (χ0) is 7.02. The highest BCUT2D eigenvalue weighted by atomic mass is 32.1. The standard InChI is InChI=1S/C5H9NO2S/c1-6-4(7)2-3(9)5(6)8/h3,5,8-9H,2H2,1H3. The lowest BCUT2D eigenvalue weighted by Gasteiger charge is -2.14. The van der Waals surface area contributed by atoms with E-state index < -0.39 is 6.23 Å². The number of hydrogen-bond donors (Lipinski definition) is 2. The normalized spacial score (nSPS) is 35.9. The summed E-state index contributed by atoms with van der Waals surface area (Å²) in [6, 6.07) is 0. The predicted octanol–water partition coefficient (Wildman–Crippen LogP) is -0.535. The Morgan fingerprint density at radius 1 is 1.89 bits per heavy atom. The molecule has 0 saturated carbocycles. The van der Waals surface area contributed by atoms with E-state index in [0.29, 0.717) is 6.42 Å². The van der Waals surface area contributed by atoms with Crippen LogP contribution in [0.5, 0.6) is 0 Å². The maximum atomic E-state index is 10.7. The van der Waals surface area contributed by atoms with Crippen molar-refractivity contribution in [2.45, 2.75) is 17.9 Å². The molecule has 1 saturated heterocycles. The van der Waals surface area contributed by atoms with Crippen LogP contribution in [-0.4, -0.2) is 34.4 Å². The summed E-state index contributed by atoms with van der Waals surface area (Å²) >= 11 is 3.99. The molecule has 0 aliphatic carbocycles. The Bertz CT molecular complexity index is 139. The first-order chi connectivity index (χ1) is 4.13. The Morgan fingerprint density at radius 2 is 2.44 bits per heavy atom. The summed E-state index contributed by atoms with van der Waals surface area (Å²) in [6.07, 6.45) is -0.346. The van der Waals surface area contributed by atoms with Crippen LogP contribution < -0.4 is 0 Å². The molecule has 0 aromatic rings. The van der Waals surface area contributed by atoms with E-state index in [1.165, 1.54) is 4.90 Å². The zero-order valence-corrected chi connectivity index (χ0v) is 6.01. The first-order valence-corrected chi connectivity index (χ1v) is 3.26. The molecule has 1 aliphatic heterocycles. The van der Waals surface area contributed by atoms with Crippen LogP contribution in [-0.2, 0) is 4.79 Å². The second-order valence-corrected chi connectivity index (χ2v) is 2.85. The van der Waals surface area contributed by atoms with Gasteiger partial charge in [-0.25, -0.2) is 0 Å². The lowest BCUT2D eigenvalue weighted by atomic mass is 10.3. The van der Waals surface area contributed by atoms with E-state index in [9.17, 15) is 4.79 Å². The quantitative estimate of drug-likeness (QED) is 0.452. The molecule has 1 rings (SSSR count). The van der Waals surface area contributed by atoms with Gasteiger partial charge in [0, 0.05) is 13.5 Å². The Kier molecular flexibility index (Phi) is 1.68. The minimum absolute atomic E-state index is 0.0394. The topological polar surface area (TPSA) is 40.5 Å². The molecule has 2 atom stereocenters. The molecule has 1 N–H and O–H groups in total. The molecular weight excluding hydrogens is 138 g/mol. The lowest BCUT2D eigenvalue weighted by molar-refractivity contribution is -0.131. The van der Waals surface area contributed by atoms with Crippen LogP contribution in [0.15, 0.2) is 0 Å². The highest BCUT2D eigenvalue weighted by Gasteiger charge is 2.33. The van der Waals surface area contributed by atoms with Crippen molar-refractivity contribution in [2.75, 3.05) is 7.05 Å². The first kappa shape index (κ1) is 6.89. The summed E-state index contributed by atoms with van der Waals surface area (Å²) in [5.74, 6) is -0.0394. The minimum Gasteiger partial charge on any atom is -0.372 e. The number of carbonyl (C=O) groups is 1. The molecule has 1 fully saturated rings. The Hall–Kier alpha value is -0.220. The van der Waals surface area contributed by atoms with E-state index in [1.807, 2.05) is 0 Å². The van der Waals surface area contributed by atoms with Gasteiger partial charge in [0.15, 0.2) is 0 Å². The lowest BCUT2D eigenvalue weighted by Crippen LogP contribution is -2.31. The number of likely N-dealkylation sites (tertiary alicyclic amines) is 1. The van der Waals surface area contributed by atoms with E-state index in [1.54, 1.807) is 7.05 Å². The fourth-order valence-electron chi connectivity index (χ4n) is 0.834. The van der Waals surface area contributed by atoms with Gasteiger partial charge in [-0.2, -0.15) is 12.6 Å². The van der Waals surface area contributed by atoms with Crippen LogP contribution in [0.3, 0.4) is 0 Å². The van der Waals surface area contributed by atoms with Gasteiger partial charge in [-0.3, -0.25) is 4.79 Å². The van der Waals surface area contributed by atoms with Crippen molar-refractivity contribution in [1.29, 1.82) is 0 Å². The van der Waals surface area contributed by atoms with E-state index in [0.717, 1.165) is 0 Å². The molecular formula is C5H9NO2S. The Balaban J connectivity index is 2.65. The fourth-order valence-corrected chi connectivity index (χ4v) is 1.19. The zero-order valence-electron chi connectivity index (χ0n) is 5.11. The summed E-state index contributed by atoms with van der Waals surface area (Å²) in [5, 5.41) is 8.86. The number of amides is 1. The third-order valence-corrected chi connectivity index (χ3v) is 1.97. The SMILES string of the molecule is CN1C(=O)CC(S)C1O. The van der Waals surface area contributed by atoms with Crippen LogP contribution in [0.25, 0.3) is 0 Å². The molecule has 1 amide bonds. The predicted molar refractivity (Wildman–Crippen MR) is 36.2 cm³/mol. The molecule has 0 bridgehead atoms. The highest BCUT2D eigenvalue weighted by Crippen LogP contribution is 2.19. The Morgan fingerprint density at radius 3 is 2.56 bits per heavy atom. The average molecular weight is 147 g/mol. The molecule has 0 aromatic heterocycles. The molecule has 0 radical (unpaired) electrons. The minimum atomic E-state index is -0.694. The van der Waals surface area contributed by atoms with Gasteiger partial charge in [0.25, 0.3) is 0 Å². The molecule has 4 heteroatoms. The maximum Gasteiger partial charge on any atom is 0.225 e. The number of aliphatic hydroxyl groups excluding tert-OH is 1. The second kappa shape index (κ2) is 2.19. The number of carbonyl (C=O) groups excluding carboxylic acids is 1. The molecule has 1 heterocycles. The van der Waals surface area contributed by atoms with E-state index in [4.69, 9.17) is 5.11 Å². The highest BCUT2D eigenvalue weighted by molar-refractivity contribution is 7.81. The van der Waals surface area contributed by atoms with Gasteiger partial charge in [0.05, 0.1) is 5.25 Å². The van der Waals surface area contributed by atoms with Gasteiger partial charge in [0.1, 0.15) is 6.23 Å². The molecule has 3 nitrogen and oxygen atoms in total. The number of nitrogens with zero attached hydrogens (tertiary/aromatic N) is 1. The number of hydrogen-bond acceptors (Lipinski definition) is 3. The number of aliphatic hydroxyl groups is 1. The van der Waals surface area contributed by atoms with Crippen LogP contribution >= 0.6 is 12.6 Å². The summed E-state index contributed by atoms with van der Waals surface area (Å²) in [4.78, 5) is 12.0. The Labute approximate surface area is 59.1 Å². The van der Waals surface area contributed by atoms with Crippen LogP contribution in [0.1, 0.15) is 6.42 Å². The largest absolute Gasteiger partial charge is 0.372 e. The van der Waals surface area contributed by atoms with Crippen LogP contribution in [0.2, 0.25) is 0 Å². The van der Waals surface area contributed by atoms with Crippen molar-refractivity contribution in [3.8, 4) is 0 Å². The van der Waals surface area contributed by atoms with Crippen molar-refractivity contribution < 1.29 is 9.90 Å². The summed E-state index contributed by atoms with van der Waals surface area (Å²) in [5.41, 5.74) is 0. The molecule has 0 spiro atoms. The van der Waals surface area contributed by atoms with Gasteiger partial charge >= 0.3 is 0 Å². The second-order valence-electron chi connectivity index (χ2n) is 2.19. The average Bonchev–Trinajstić information content (AvgIpc) is 1.98. The third-order valence-electron chi connectivity index (χ3n) is 1.52. The number of thiol groups is 1. The van der Waals surface area contributed by atoms with Gasteiger partial charge in [-0.15, -0.1) is 0 Å². The first-order valence-electron chi connectivity index (χ1n) is 2.74. The van der Waals surface area contributed by atoms with Crippen molar-refractivity contribution in [1.82, 2.24) is 4.90 Å². The van der Waals surface area contributed by atoms with Crippen molar-refractivity contribution in [3.63, 3.8) is 0 Å². The third kappa shape index (κ3) is 1.04. The monoisotopic (exact) mass is 147 g/mol. The maximum absolute atomic E-state index is 10.7. The van der Waals surface area contributed by atoms with Gasteiger partial charge < -0.3 is 10.0 Å². The summed E-state index contributed by atoms with van der Waals surface area (Å²) in [6.45, 7) is 0. The molecule has 2 unspecified atom stereocenters. The van der Waals surface area contributed by atoms with E-state index in [2.05, 4.69) is 12.6 Å². The molecule has 52 valence electrons. The van der Waals surface area contributed by atoms with Crippen LogP contribution in [0.4, 0.5) is 0 Å². The fraction of sp³-hybridized carbons (Fsp3) is 0.800. The van der Waals surface area contributed by atoms with Gasteiger partial charge in [-0.05, 0) is 0 Å². The summed E-state index contributed by atoms with van der Waals surface area (Å²) in [7, 11) is 1.57. The van der Waals surface area contributed by atoms with Gasteiger partial charge in [-0.1, -0.05) is 0 Å². The molecule has 1 aliphatic rings. The van der Waals surface area contributed by atoms with Crippen molar-refractivity contribution in [2.24, 2.45) is 0 Å². The number of rotatable bonds is 0. The van der Waals surface area contributed by atoms with E-state index >= 15 is 0 Å². The molecule has 0 aromatic carbocycles. The van der Waals surface area contributed by atoms with Crippen LogP contribution in [0, 0.1) is 0 Å². The smallest absolute Gasteiger partial charge is 0.225 e. The van der Waals surface area contributed by atoms with E-state index in [-0.39, 0.29) is 11.2 Å². The summed E-state index contributed by atoms with van der Waals surface area (Å²) < 4.78 is 0.